The van der Waals surface area contributed by atoms with Crippen molar-refractivity contribution >= 4 is 41.1 Å². The number of carbonyl (C=O) groups excluding carboxylic acids is 4. The van der Waals surface area contributed by atoms with Crippen molar-refractivity contribution in [1.82, 2.24) is 20.5 Å². The molecule has 1 aromatic carbocycles. The van der Waals surface area contributed by atoms with Crippen LogP contribution in [0.4, 0.5) is 11.5 Å². The lowest BCUT2D eigenvalue weighted by Gasteiger charge is -2.40. The molecule has 1 aliphatic rings. The molecule has 10 N–H and O–H groups in total. The van der Waals surface area contributed by atoms with Gasteiger partial charge >= 0.3 is 0 Å². The van der Waals surface area contributed by atoms with Crippen LogP contribution in [0.5, 0.6) is 0 Å². The predicted molar refractivity (Wildman–Crippen MR) is 164 cm³/mol. The van der Waals surface area contributed by atoms with Crippen molar-refractivity contribution in [3.05, 3.63) is 59.8 Å². The van der Waals surface area contributed by atoms with Crippen LogP contribution in [0.15, 0.2) is 54.2 Å². The van der Waals surface area contributed by atoms with E-state index in [2.05, 4.69) is 20.9 Å². The SMILES string of the molecule is C[C@H](N)C(=O)N(C1CCCCC1)[C@H](C(=O)N[C@@H](Cc1ccccc1)C(=O)Nc1ccc(N)nc1)C(=C=O)CCNC(=N)N. The summed E-state index contributed by atoms with van der Waals surface area (Å²) < 4.78 is 0. The number of pyridine rings is 1. The predicted octanol–water partition coefficient (Wildman–Crippen LogP) is 0.838. The fraction of sp³-hybridized carbons (Fsp3) is 0.433. The largest absolute Gasteiger partial charge is 0.384 e. The normalized spacial score (nSPS) is 15.2. The Kier molecular flexibility index (Phi) is 12.2. The van der Waals surface area contributed by atoms with Crippen LogP contribution in [0, 0.1) is 5.41 Å². The van der Waals surface area contributed by atoms with Crippen molar-refractivity contribution in [2.24, 2.45) is 11.5 Å². The van der Waals surface area contributed by atoms with Crippen LogP contribution in [-0.4, -0.2) is 70.2 Å². The maximum absolute atomic E-state index is 14.2. The van der Waals surface area contributed by atoms with E-state index in [0.717, 1.165) is 24.8 Å². The summed E-state index contributed by atoms with van der Waals surface area (Å²) in [4.78, 5) is 59.1. The van der Waals surface area contributed by atoms with Gasteiger partial charge in [-0.05, 0) is 43.9 Å². The van der Waals surface area contributed by atoms with E-state index in [-0.39, 0.29) is 42.8 Å². The Bertz CT molecular complexity index is 1300. The van der Waals surface area contributed by atoms with Gasteiger partial charge in [0, 0.05) is 24.6 Å². The third kappa shape index (κ3) is 9.66. The van der Waals surface area contributed by atoms with E-state index in [1.165, 1.54) is 24.1 Å². The third-order valence-corrected chi connectivity index (χ3v) is 7.28. The molecule has 3 amide bonds. The fourth-order valence-corrected chi connectivity index (χ4v) is 5.16. The molecule has 0 unspecified atom stereocenters. The van der Waals surface area contributed by atoms with Gasteiger partial charge in [-0.2, -0.15) is 0 Å². The van der Waals surface area contributed by atoms with E-state index in [9.17, 15) is 19.2 Å². The van der Waals surface area contributed by atoms with Gasteiger partial charge in [-0.25, -0.2) is 9.78 Å². The molecule has 3 atom stereocenters. The first kappa shape index (κ1) is 32.8. The molecule has 0 spiro atoms. The number of benzene rings is 1. The highest BCUT2D eigenvalue weighted by Gasteiger charge is 2.40. The van der Waals surface area contributed by atoms with E-state index in [0.29, 0.717) is 18.5 Å². The molecule has 43 heavy (non-hydrogen) atoms. The Labute approximate surface area is 251 Å². The van der Waals surface area contributed by atoms with Crippen LogP contribution in [0.25, 0.3) is 0 Å². The Hall–Kier alpha value is -4.74. The van der Waals surface area contributed by atoms with Crippen LogP contribution in [0.3, 0.4) is 0 Å². The highest BCUT2D eigenvalue weighted by Crippen LogP contribution is 2.28. The summed E-state index contributed by atoms with van der Waals surface area (Å²) in [5.74, 6) is 0.109. The molecule has 1 aliphatic carbocycles. The summed E-state index contributed by atoms with van der Waals surface area (Å²) in [6, 6.07) is 8.51. The highest BCUT2D eigenvalue weighted by molar-refractivity contribution is 6.00. The summed E-state index contributed by atoms with van der Waals surface area (Å²) in [5, 5.41) is 15.6. The molecule has 1 fully saturated rings. The van der Waals surface area contributed by atoms with Crippen LogP contribution >= 0.6 is 0 Å². The van der Waals surface area contributed by atoms with Crippen molar-refractivity contribution < 1.29 is 19.2 Å². The summed E-state index contributed by atoms with van der Waals surface area (Å²) >= 11 is 0. The summed E-state index contributed by atoms with van der Waals surface area (Å²) in [7, 11) is 0. The van der Waals surface area contributed by atoms with Gasteiger partial charge < -0.3 is 38.1 Å². The minimum Gasteiger partial charge on any atom is -0.384 e. The zero-order valence-corrected chi connectivity index (χ0v) is 24.3. The molecule has 2 aromatic rings. The second kappa shape index (κ2) is 16.0. The zero-order valence-electron chi connectivity index (χ0n) is 24.3. The van der Waals surface area contributed by atoms with Crippen LogP contribution in [0.2, 0.25) is 0 Å². The second-order valence-electron chi connectivity index (χ2n) is 10.7. The van der Waals surface area contributed by atoms with Gasteiger partial charge in [0.25, 0.3) is 0 Å². The number of hydrogen-bond acceptors (Lipinski definition) is 8. The summed E-state index contributed by atoms with van der Waals surface area (Å²) in [6.45, 7) is 1.59. The number of nitrogens with zero attached hydrogens (tertiary/aromatic N) is 2. The fourth-order valence-electron chi connectivity index (χ4n) is 5.16. The molecule has 3 rings (SSSR count). The minimum atomic E-state index is -1.38. The quantitative estimate of drug-likeness (QED) is 0.0994. The molecule has 0 aliphatic heterocycles. The number of aromatic nitrogens is 1. The summed E-state index contributed by atoms with van der Waals surface area (Å²) in [5.41, 5.74) is 18.3. The molecular weight excluding hydrogens is 550 g/mol. The molecule has 0 saturated heterocycles. The van der Waals surface area contributed by atoms with Crippen molar-refractivity contribution in [2.75, 3.05) is 17.6 Å². The van der Waals surface area contributed by atoms with Crippen molar-refractivity contribution in [1.29, 1.82) is 5.41 Å². The first-order valence-corrected chi connectivity index (χ1v) is 14.4. The number of nitrogens with one attached hydrogen (secondary N) is 4. The molecule has 13 heteroatoms. The first-order valence-electron chi connectivity index (χ1n) is 14.4. The highest BCUT2D eigenvalue weighted by atomic mass is 16.2. The van der Waals surface area contributed by atoms with Crippen LogP contribution in [0.1, 0.15) is 51.0 Å². The van der Waals surface area contributed by atoms with Gasteiger partial charge in [0.15, 0.2) is 5.96 Å². The molecular formula is C30H41N9O4. The molecule has 1 aromatic heterocycles. The molecule has 1 saturated carbocycles. The molecule has 230 valence electrons. The summed E-state index contributed by atoms with van der Waals surface area (Å²) in [6.07, 6.45) is 5.47. The lowest BCUT2D eigenvalue weighted by Crippen LogP contribution is -2.60. The number of nitrogens with two attached hydrogens (primary N) is 3. The average Bonchev–Trinajstić information content (AvgIpc) is 2.99. The smallest absolute Gasteiger partial charge is 0.248 e. The Morgan fingerprint density at radius 2 is 1.79 bits per heavy atom. The maximum Gasteiger partial charge on any atom is 0.248 e. The number of guanidine groups is 1. The first-order chi connectivity index (χ1) is 20.6. The number of hydrogen-bond donors (Lipinski definition) is 7. The van der Waals surface area contributed by atoms with Gasteiger partial charge in [-0.3, -0.25) is 19.8 Å². The maximum atomic E-state index is 14.2. The molecule has 1 heterocycles. The Morgan fingerprint density at radius 1 is 1.09 bits per heavy atom. The third-order valence-electron chi connectivity index (χ3n) is 7.28. The van der Waals surface area contributed by atoms with Gasteiger partial charge in [-0.1, -0.05) is 49.6 Å². The second-order valence-corrected chi connectivity index (χ2v) is 10.7. The standard InChI is InChI=1S/C30H41N9O4/c1-19(31)29(43)39(23-10-6-3-7-11-23)26(21(18-40)14-15-35-30(33)34)28(42)38-24(16-20-8-4-2-5-9-20)27(41)37-22-12-13-25(32)36-17-22/h2,4-5,8-9,12-13,17,19,23-24,26H,3,6-7,10-11,14-16,31H2,1H3,(H2,32,36)(H,37,41)(H,38,42)(H4,33,34,35)/t19-,24-,26-/m0/s1. The Morgan fingerprint density at radius 3 is 2.37 bits per heavy atom. The Balaban J connectivity index is 2.00. The van der Waals surface area contributed by atoms with Gasteiger partial charge in [0.1, 0.15) is 23.8 Å². The minimum absolute atomic E-state index is 0.0209. The van der Waals surface area contributed by atoms with Gasteiger partial charge in [0.05, 0.1) is 17.9 Å². The van der Waals surface area contributed by atoms with E-state index >= 15 is 0 Å². The van der Waals surface area contributed by atoms with Gasteiger partial charge in [0.2, 0.25) is 17.7 Å². The van der Waals surface area contributed by atoms with E-state index in [1.54, 1.807) is 6.07 Å². The number of carbonyl (C=O) groups is 3. The monoisotopic (exact) mass is 591 g/mol. The topological polar surface area (TPSA) is 222 Å². The van der Waals surface area contributed by atoms with E-state index in [4.69, 9.17) is 22.6 Å². The van der Waals surface area contributed by atoms with Crippen LogP contribution in [-0.2, 0) is 25.6 Å². The number of anilines is 2. The van der Waals surface area contributed by atoms with Crippen LogP contribution < -0.4 is 33.2 Å². The zero-order chi connectivity index (χ0) is 31.4. The average molecular weight is 592 g/mol. The molecule has 0 bridgehead atoms. The number of amides is 3. The van der Waals surface area contributed by atoms with Gasteiger partial charge in [-0.15, -0.1) is 0 Å². The lowest BCUT2D eigenvalue weighted by molar-refractivity contribution is -0.144. The van der Waals surface area contributed by atoms with E-state index in [1.807, 2.05) is 36.3 Å². The molecule has 0 radical (unpaired) electrons. The van der Waals surface area contributed by atoms with Crippen molar-refractivity contribution in [2.45, 2.75) is 76.0 Å². The number of rotatable bonds is 13. The number of nitrogen functional groups attached to an aromatic ring is 1. The lowest BCUT2D eigenvalue weighted by atomic mass is 9.90. The van der Waals surface area contributed by atoms with Crippen molar-refractivity contribution in [3.8, 4) is 0 Å². The van der Waals surface area contributed by atoms with Crippen molar-refractivity contribution in [3.63, 3.8) is 0 Å². The van der Waals surface area contributed by atoms with E-state index < -0.39 is 35.8 Å². The molecule has 13 nitrogen and oxygen atoms in total.